The number of aliphatic hydroxyl groups is 2. The highest BCUT2D eigenvalue weighted by molar-refractivity contribution is 7.90. The molecule has 0 spiro atoms. The van der Waals surface area contributed by atoms with Gasteiger partial charge in [-0.05, 0) is 150 Å². The highest BCUT2D eigenvalue weighted by Gasteiger charge is 2.47. The zero-order chi connectivity index (χ0) is 71.7. The molecule has 9 aromatic rings. The van der Waals surface area contributed by atoms with Crippen LogP contribution >= 0.6 is 0 Å². The zero-order valence-electron chi connectivity index (χ0n) is 57.3. The Bertz CT molecular complexity index is 4840. The van der Waals surface area contributed by atoms with Gasteiger partial charge in [-0.2, -0.15) is 0 Å². The first-order chi connectivity index (χ1) is 47.0. The number of carbonyl (C=O) groups excluding carboxylic acids is 4. The largest absolute Gasteiger partial charge is 0.493 e. The molecule has 0 fully saturated rings. The van der Waals surface area contributed by atoms with Crippen molar-refractivity contribution in [2.45, 2.75) is 92.0 Å². The van der Waals surface area contributed by atoms with Crippen LogP contribution in [-0.2, 0) is 46.8 Å². The maximum absolute atomic E-state index is 13.7. The average Bonchev–Trinajstić information content (AvgIpc) is 1.55. The molecule has 0 aliphatic carbocycles. The molecule has 3 aliphatic heterocycles. The number of hydrogen-bond donors (Lipinski definition) is 2. The highest BCUT2D eigenvalue weighted by Crippen LogP contribution is 2.53. The van der Waals surface area contributed by atoms with Gasteiger partial charge in [0.25, 0.3) is 23.6 Å². The molecule has 28 heteroatoms. The summed E-state index contributed by atoms with van der Waals surface area (Å²) in [6, 6.07) is 25.6. The number of benzene rings is 6. The normalized spacial score (nSPS) is 14.8. The first-order valence-electron chi connectivity index (χ1n) is 31.9. The number of aliphatic hydroxyl groups excluding tert-OH is 2. The average molecular weight is 1420 g/mol. The summed E-state index contributed by atoms with van der Waals surface area (Å²) in [5, 5.41) is 24.6. The molecule has 4 amide bonds. The second-order valence-corrected chi connectivity index (χ2v) is 30.1. The maximum Gasteiger partial charge on any atom is 0.270 e. The van der Waals surface area contributed by atoms with Gasteiger partial charge in [0.05, 0.1) is 90.4 Å². The number of fused-ring (bicyclic) bond motifs is 6. The van der Waals surface area contributed by atoms with E-state index in [1.54, 1.807) is 132 Å². The van der Waals surface area contributed by atoms with Crippen LogP contribution in [0.5, 0.6) is 34.5 Å². The molecule has 523 valence electrons. The van der Waals surface area contributed by atoms with E-state index in [1.807, 2.05) is 39.8 Å². The molecule has 6 heterocycles. The number of ether oxygens (including phenoxy) is 6. The molecule has 0 saturated carbocycles. The smallest absolute Gasteiger partial charge is 0.270 e. The van der Waals surface area contributed by atoms with Crippen LogP contribution < -0.4 is 43.1 Å². The standard InChI is InChI=1S/2C24H26N2O6S.C24H24N2O6S.B/c3*1-5-31-21-16-8-7-11-25-20(16)22(32-6-2)19-18(21)23(27)26(24(19)28)17-10-9-15(12-14(17)3)13-33(4,29)30;/h7-12,24,28H,5-6,13H2,1-4H3;7-12,23,27H,5-6,13H2,1-4H3;7-12H,5-6,13H2,1-4H3;. The van der Waals surface area contributed by atoms with Gasteiger partial charge in [-0.25, -0.2) is 30.2 Å². The molecule has 0 bridgehead atoms. The van der Waals surface area contributed by atoms with Crippen molar-refractivity contribution in [3.05, 3.63) is 176 Å². The first kappa shape index (κ1) is 74.5. The Balaban J connectivity index is 0.000000174. The van der Waals surface area contributed by atoms with Gasteiger partial charge in [0, 0.05) is 73.3 Å². The summed E-state index contributed by atoms with van der Waals surface area (Å²) in [6.07, 6.45) is 5.70. The van der Waals surface area contributed by atoms with Gasteiger partial charge in [0.1, 0.15) is 39.4 Å². The Kier molecular flexibility index (Phi) is 22.3. The zero-order valence-corrected chi connectivity index (χ0v) is 59.8. The number of aromatic nitrogens is 3. The third-order valence-corrected chi connectivity index (χ3v) is 18.8. The third kappa shape index (κ3) is 14.5. The predicted octanol–water partition coefficient (Wildman–Crippen LogP) is 10.4. The Morgan fingerprint density at radius 2 is 0.680 bits per heavy atom. The van der Waals surface area contributed by atoms with Crippen molar-refractivity contribution in [2.24, 2.45) is 0 Å². The van der Waals surface area contributed by atoms with E-state index >= 15 is 0 Å². The predicted molar refractivity (Wildman–Crippen MR) is 382 cm³/mol. The molecule has 6 aromatic carbocycles. The van der Waals surface area contributed by atoms with Gasteiger partial charge in [-0.3, -0.25) is 43.9 Å². The maximum atomic E-state index is 13.7. The van der Waals surface area contributed by atoms with Crippen LogP contribution in [0.15, 0.2) is 110 Å². The lowest BCUT2D eigenvalue weighted by atomic mass is 10.0. The van der Waals surface area contributed by atoms with Gasteiger partial charge < -0.3 is 38.6 Å². The number of imide groups is 1. The summed E-state index contributed by atoms with van der Waals surface area (Å²) in [6.45, 7) is 18.0. The summed E-state index contributed by atoms with van der Waals surface area (Å²) < 4.78 is 105. The molecular formula is C72H76BN6O18S3. The molecule has 2 N–H and O–H groups in total. The fourth-order valence-electron chi connectivity index (χ4n) is 12.7. The minimum absolute atomic E-state index is 0. The van der Waals surface area contributed by atoms with E-state index in [-0.39, 0.29) is 60.3 Å². The molecule has 0 saturated heterocycles. The monoisotopic (exact) mass is 1420 g/mol. The fourth-order valence-corrected chi connectivity index (χ4v) is 15.1. The summed E-state index contributed by atoms with van der Waals surface area (Å²) in [5.74, 6) is -0.303. The van der Waals surface area contributed by atoms with Crippen LogP contribution in [0, 0.1) is 20.8 Å². The lowest BCUT2D eigenvalue weighted by molar-refractivity contribution is 0.0913. The highest BCUT2D eigenvalue weighted by atomic mass is 32.2. The van der Waals surface area contributed by atoms with Crippen LogP contribution in [0.25, 0.3) is 32.7 Å². The number of hydrogen-bond acceptors (Lipinski definition) is 21. The van der Waals surface area contributed by atoms with Gasteiger partial charge >= 0.3 is 0 Å². The molecule has 100 heavy (non-hydrogen) atoms. The molecule has 3 radical (unpaired) electrons. The van der Waals surface area contributed by atoms with Crippen molar-refractivity contribution in [3.8, 4) is 34.5 Å². The lowest BCUT2D eigenvalue weighted by Crippen LogP contribution is -2.30. The second kappa shape index (κ2) is 30.0. The SMILES string of the molecule is CCOc1c2c(c(OCC)c3ncccc13)C(=O)N(c1ccc(CS(C)(=O)=O)cc1C)C2=O.CCOc1c2c(c(OCC)c3ncccc13)C(=O)N(c1ccc(CS(C)(=O)=O)cc1C)C2O.CCOc1c2c(c(OCC)c3ncccc13)C(O)N(c1ccc(CS(C)(=O)=O)cc1C)C2=O.[B]. The van der Waals surface area contributed by atoms with Crippen molar-refractivity contribution in [2.75, 3.05) is 73.1 Å². The molecule has 12 rings (SSSR count). The van der Waals surface area contributed by atoms with E-state index in [0.29, 0.717) is 156 Å². The third-order valence-electron chi connectivity index (χ3n) is 16.3. The minimum atomic E-state index is -3.22. The topological polar surface area (TPSA) is 315 Å². The van der Waals surface area contributed by atoms with E-state index in [0.717, 1.165) is 11.2 Å². The van der Waals surface area contributed by atoms with Crippen molar-refractivity contribution < 1.29 is 83.1 Å². The van der Waals surface area contributed by atoms with Crippen LogP contribution in [0.1, 0.15) is 140 Å². The second-order valence-electron chi connectivity index (χ2n) is 23.7. The molecule has 3 aliphatic rings. The number of aryl methyl sites for hydroxylation is 3. The summed E-state index contributed by atoms with van der Waals surface area (Å²) in [4.78, 5) is 71.5. The van der Waals surface area contributed by atoms with E-state index in [2.05, 4.69) is 15.0 Å². The van der Waals surface area contributed by atoms with Crippen molar-refractivity contribution in [3.63, 3.8) is 0 Å². The van der Waals surface area contributed by atoms with Gasteiger partial charge in [-0.1, -0.05) is 36.4 Å². The molecule has 2 atom stereocenters. The van der Waals surface area contributed by atoms with E-state index in [9.17, 15) is 54.6 Å². The van der Waals surface area contributed by atoms with Crippen LogP contribution in [0.3, 0.4) is 0 Å². The van der Waals surface area contributed by atoms with E-state index in [4.69, 9.17) is 28.4 Å². The number of carbonyl (C=O) groups is 4. The summed E-state index contributed by atoms with van der Waals surface area (Å²) in [7, 11) is -9.64. The van der Waals surface area contributed by atoms with Crippen molar-refractivity contribution >= 4 is 111 Å². The van der Waals surface area contributed by atoms with Gasteiger partial charge in [0.2, 0.25) is 0 Å². The fraction of sp³-hybridized carbons (Fsp3) is 0.319. The van der Waals surface area contributed by atoms with Crippen LogP contribution in [-0.4, -0.2) is 141 Å². The Labute approximate surface area is 582 Å². The summed E-state index contributed by atoms with van der Waals surface area (Å²) in [5.41, 5.74) is 7.88. The van der Waals surface area contributed by atoms with Gasteiger partial charge in [0.15, 0.2) is 59.2 Å². The Morgan fingerprint density at radius 3 is 1.05 bits per heavy atom. The molecular weight excluding hydrogens is 1340 g/mol. The van der Waals surface area contributed by atoms with Crippen molar-refractivity contribution in [1.29, 1.82) is 0 Å². The Morgan fingerprint density at radius 1 is 0.390 bits per heavy atom. The quantitative estimate of drug-likeness (QED) is 0.0499. The van der Waals surface area contributed by atoms with E-state index < -0.39 is 65.6 Å². The lowest BCUT2D eigenvalue weighted by Gasteiger charge is -2.24. The minimum Gasteiger partial charge on any atom is -0.493 e. The number of amides is 4. The molecule has 3 aromatic heterocycles. The summed E-state index contributed by atoms with van der Waals surface area (Å²) >= 11 is 0. The first-order valence-corrected chi connectivity index (χ1v) is 38.0. The number of pyridine rings is 3. The van der Waals surface area contributed by atoms with Gasteiger partial charge in [-0.15, -0.1) is 0 Å². The number of anilines is 3. The van der Waals surface area contributed by atoms with Crippen LogP contribution in [0.4, 0.5) is 17.1 Å². The number of sulfone groups is 3. The van der Waals surface area contributed by atoms with Crippen LogP contribution in [0.2, 0.25) is 0 Å². The number of nitrogens with zero attached hydrogens (tertiary/aromatic N) is 6. The van der Waals surface area contributed by atoms with E-state index in [1.165, 1.54) is 22.3 Å². The Hall–Kier alpha value is -9.74. The molecule has 24 nitrogen and oxygen atoms in total. The van der Waals surface area contributed by atoms with Crippen molar-refractivity contribution in [1.82, 2.24) is 15.0 Å². The number of rotatable bonds is 21. The molecule has 2 unspecified atom stereocenters.